The summed E-state index contributed by atoms with van der Waals surface area (Å²) in [6, 6.07) is 26.3. The van der Waals surface area contributed by atoms with Crippen LogP contribution in [-0.4, -0.2) is 48.0 Å². The van der Waals surface area contributed by atoms with Crippen molar-refractivity contribution in [1.82, 2.24) is 14.6 Å². The van der Waals surface area contributed by atoms with Crippen LogP contribution >= 0.6 is 11.5 Å². The van der Waals surface area contributed by atoms with Crippen molar-refractivity contribution in [2.75, 3.05) is 42.9 Å². The Hall–Kier alpha value is -3.42. The predicted octanol–water partition coefficient (Wildman–Crippen LogP) is 4.98. The van der Waals surface area contributed by atoms with Gasteiger partial charge in [-0.15, -0.1) is 0 Å². The van der Waals surface area contributed by atoms with E-state index in [0.717, 1.165) is 61.8 Å². The van der Waals surface area contributed by atoms with Crippen LogP contribution in [0.15, 0.2) is 78.9 Å². The van der Waals surface area contributed by atoms with Gasteiger partial charge >= 0.3 is 6.03 Å². The Morgan fingerprint density at radius 2 is 1.62 bits per heavy atom. The molecule has 174 valence electrons. The molecule has 2 heterocycles. The maximum atomic E-state index is 12.4. The fourth-order valence-corrected chi connectivity index (χ4v) is 5.16. The molecule has 4 aromatic rings. The van der Waals surface area contributed by atoms with Crippen molar-refractivity contribution in [1.29, 1.82) is 0 Å². The number of carbonyl (C=O) groups is 1. The van der Waals surface area contributed by atoms with Gasteiger partial charge in [0.1, 0.15) is 5.82 Å². The van der Waals surface area contributed by atoms with E-state index in [2.05, 4.69) is 50.8 Å². The van der Waals surface area contributed by atoms with Crippen LogP contribution in [0.1, 0.15) is 11.1 Å². The van der Waals surface area contributed by atoms with E-state index in [-0.39, 0.29) is 6.03 Å². The second-order valence-corrected chi connectivity index (χ2v) is 9.34. The molecule has 34 heavy (non-hydrogen) atoms. The summed E-state index contributed by atoms with van der Waals surface area (Å²) >= 11 is 1.58. The van der Waals surface area contributed by atoms with Crippen LogP contribution in [-0.2, 0) is 13.0 Å². The van der Waals surface area contributed by atoms with Gasteiger partial charge in [-0.3, -0.25) is 4.90 Å². The Kier molecular flexibility index (Phi) is 7.02. The minimum absolute atomic E-state index is 0.180. The molecule has 5 rings (SSSR count). The van der Waals surface area contributed by atoms with Crippen LogP contribution < -0.4 is 15.5 Å². The highest BCUT2D eigenvalue weighted by atomic mass is 32.1. The van der Waals surface area contributed by atoms with Crippen LogP contribution in [0.3, 0.4) is 0 Å². The number of rotatable bonds is 7. The lowest BCUT2D eigenvalue weighted by atomic mass is 10.1. The molecule has 0 atom stereocenters. The molecule has 1 fully saturated rings. The van der Waals surface area contributed by atoms with Crippen molar-refractivity contribution in [2.24, 2.45) is 0 Å². The van der Waals surface area contributed by atoms with E-state index in [1.165, 1.54) is 10.1 Å². The van der Waals surface area contributed by atoms with E-state index in [1.54, 1.807) is 11.5 Å². The number of nitrogens with one attached hydrogen (secondary N) is 2. The van der Waals surface area contributed by atoms with Gasteiger partial charge in [-0.25, -0.2) is 4.79 Å². The molecular weight excluding hydrogens is 442 g/mol. The summed E-state index contributed by atoms with van der Waals surface area (Å²) in [6.07, 6.45) is 0.898. The summed E-state index contributed by atoms with van der Waals surface area (Å²) in [7, 11) is 0. The summed E-state index contributed by atoms with van der Waals surface area (Å²) in [5.41, 5.74) is 3.11. The third-order valence-corrected chi connectivity index (χ3v) is 7.11. The lowest BCUT2D eigenvalue weighted by molar-refractivity contribution is 0.251. The van der Waals surface area contributed by atoms with E-state index in [0.29, 0.717) is 6.54 Å². The Bertz CT molecular complexity index is 1230. The normalized spacial score (nSPS) is 14.3. The molecule has 0 radical (unpaired) electrons. The molecule has 1 aromatic heterocycles. The first-order chi connectivity index (χ1) is 16.8. The molecule has 0 saturated carbocycles. The first-order valence-electron chi connectivity index (χ1n) is 11.7. The Morgan fingerprint density at radius 3 is 2.47 bits per heavy atom. The lowest BCUT2D eigenvalue weighted by Gasteiger charge is -2.35. The van der Waals surface area contributed by atoms with Gasteiger partial charge < -0.3 is 15.5 Å². The molecule has 1 saturated heterocycles. The third-order valence-electron chi connectivity index (χ3n) is 6.29. The fourth-order valence-electron chi connectivity index (χ4n) is 4.37. The first kappa shape index (κ1) is 22.4. The highest BCUT2D eigenvalue weighted by molar-refractivity contribution is 7.13. The van der Waals surface area contributed by atoms with Crippen LogP contribution in [0.5, 0.6) is 0 Å². The summed E-state index contributed by atoms with van der Waals surface area (Å²) < 4.78 is 5.96. The number of para-hydroxylation sites is 1. The maximum absolute atomic E-state index is 12.4. The van der Waals surface area contributed by atoms with E-state index in [4.69, 9.17) is 4.37 Å². The smallest absolute Gasteiger partial charge is 0.319 e. The monoisotopic (exact) mass is 471 g/mol. The van der Waals surface area contributed by atoms with Crippen molar-refractivity contribution < 1.29 is 4.79 Å². The molecule has 3 aromatic carbocycles. The third kappa shape index (κ3) is 5.38. The molecular formula is C27H29N5OS. The minimum atomic E-state index is -0.180. The second kappa shape index (κ2) is 10.7. The van der Waals surface area contributed by atoms with Crippen LogP contribution in [0.2, 0.25) is 0 Å². The van der Waals surface area contributed by atoms with E-state index >= 15 is 0 Å². The van der Waals surface area contributed by atoms with Crippen molar-refractivity contribution in [2.45, 2.75) is 13.0 Å². The molecule has 0 unspecified atom stereocenters. The molecule has 0 spiro atoms. The summed E-state index contributed by atoms with van der Waals surface area (Å²) in [5, 5.41) is 7.22. The SMILES string of the molecule is O=C(NCc1ccccc1)Nc1ccccc1CCN1CCN(c2nsc3ccccc23)CC1. The Balaban J connectivity index is 1.12. The number of anilines is 2. The molecule has 0 aliphatic carbocycles. The zero-order valence-electron chi connectivity index (χ0n) is 19.1. The number of hydrogen-bond donors (Lipinski definition) is 2. The van der Waals surface area contributed by atoms with Crippen LogP contribution in [0, 0.1) is 0 Å². The highest BCUT2D eigenvalue weighted by Gasteiger charge is 2.20. The van der Waals surface area contributed by atoms with Gasteiger partial charge in [0.25, 0.3) is 0 Å². The largest absolute Gasteiger partial charge is 0.353 e. The number of nitrogens with zero attached hydrogens (tertiary/aromatic N) is 3. The number of benzene rings is 3. The Morgan fingerprint density at radius 1 is 0.882 bits per heavy atom. The number of fused-ring (bicyclic) bond motifs is 1. The van der Waals surface area contributed by atoms with Crippen molar-refractivity contribution in [3.05, 3.63) is 90.0 Å². The number of aromatic nitrogens is 1. The van der Waals surface area contributed by atoms with Crippen LogP contribution in [0.25, 0.3) is 10.1 Å². The van der Waals surface area contributed by atoms with Gasteiger partial charge in [0.05, 0.1) is 4.70 Å². The average Bonchev–Trinajstić information content (AvgIpc) is 3.32. The van der Waals surface area contributed by atoms with Crippen molar-refractivity contribution >= 4 is 39.2 Å². The zero-order chi connectivity index (χ0) is 23.2. The van der Waals surface area contributed by atoms with Crippen molar-refractivity contribution in [3.8, 4) is 0 Å². The number of carbonyl (C=O) groups excluding carboxylic acids is 1. The van der Waals surface area contributed by atoms with Gasteiger partial charge in [-0.05, 0) is 47.3 Å². The molecule has 7 heteroatoms. The molecule has 0 bridgehead atoms. The quantitative estimate of drug-likeness (QED) is 0.399. The van der Waals surface area contributed by atoms with Crippen LogP contribution in [0.4, 0.5) is 16.3 Å². The van der Waals surface area contributed by atoms with E-state index < -0.39 is 0 Å². The maximum Gasteiger partial charge on any atom is 0.319 e. The van der Waals surface area contributed by atoms with Gasteiger partial charge in [0.2, 0.25) is 0 Å². The van der Waals surface area contributed by atoms with Gasteiger partial charge in [-0.1, -0.05) is 60.7 Å². The summed E-state index contributed by atoms with van der Waals surface area (Å²) in [4.78, 5) is 17.3. The minimum Gasteiger partial charge on any atom is -0.353 e. The van der Waals surface area contributed by atoms with Crippen molar-refractivity contribution in [3.63, 3.8) is 0 Å². The van der Waals surface area contributed by atoms with E-state index in [1.807, 2.05) is 48.5 Å². The van der Waals surface area contributed by atoms with Gasteiger partial charge in [-0.2, -0.15) is 4.37 Å². The van der Waals surface area contributed by atoms with Gasteiger partial charge in [0.15, 0.2) is 0 Å². The summed E-state index contributed by atoms with van der Waals surface area (Å²) in [5.74, 6) is 1.12. The number of hydrogen-bond acceptors (Lipinski definition) is 5. The molecule has 1 aliphatic heterocycles. The van der Waals surface area contributed by atoms with Gasteiger partial charge in [0, 0.05) is 50.3 Å². The zero-order valence-corrected chi connectivity index (χ0v) is 19.9. The molecule has 2 amide bonds. The number of urea groups is 1. The lowest BCUT2D eigenvalue weighted by Crippen LogP contribution is -2.47. The Labute approximate surface area is 204 Å². The molecule has 6 nitrogen and oxygen atoms in total. The second-order valence-electron chi connectivity index (χ2n) is 8.53. The van der Waals surface area contributed by atoms with E-state index in [9.17, 15) is 4.79 Å². The molecule has 2 N–H and O–H groups in total. The standard InChI is InChI=1S/C27H29N5OS/c33-27(28-20-21-8-2-1-3-9-21)29-24-12-6-4-10-22(24)14-15-31-16-18-32(19-17-31)26-23-11-5-7-13-25(23)34-30-26/h1-13H,14-20H2,(H2,28,29,33). The average molecular weight is 472 g/mol. The topological polar surface area (TPSA) is 60.5 Å². The first-order valence-corrected chi connectivity index (χ1v) is 12.5. The fraction of sp³-hybridized carbons (Fsp3) is 0.259. The molecule has 1 aliphatic rings. The number of piperazine rings is 1. The summed E-state index contributed by atoms with van der Waals surface area (Å²) in [6.45, 7) is 5.46. The number of amides is 2. The predicted molar refractivity (Wildman–Crippen MR) is 141 cm³/mol. The highest BCUT2D eigenvalue weighted by Crippen LogP contribution is 2.29.